The molecule has 1 unspecified atom stereocenters. The van der Waals surface area contributed by atoms with Crippen molar-refractivity contribution in [3.05, 3.63) is 33.9 Å². The molecule has 0 bridgehead atoms. The number of thiazole rings is 1. The summed E-state index contributed by atoms with van der Waals surface area (Å²) in [6.45, 7) is 10.4. The second-order valence-corrected chi connectivity index (χ2v) is 8.07. The molecule has 1 aliphatic rings. The van der Waals surface area contributed by atoms with E-state index in [1.54, 1.807) is 11.3 Å². The first-order chi connectivity index (χ1) is 11.0. The highest BCUT2D eigenvalue weighted by atomic mass is 32.1. The number of aryl methyl sites for hydroxylation is 1. The van der Waals surface area contributed by atoms with Gasteiger partial charge in [0.1, 0.15) is 5.76 Å². The van der Waals surface area contributed by atoms with Crippen LogP contribution in [0.1, 0.15) is 47.7 Å². The summed E-state index contributed by atoms with van der Waals surface area (Å²) in [4.78, 5) is 15.0. The molecule has 0 aromatic carbocycles. The molecule has 2 aromatic heterocycles. The lowest BCUT2D eigenvalue weighted by atomic mass is 10.2. The van der Waals surface area contributed by atoms with E-state index in [0.29, 0.717) is 12.0 Å². The van der Waals surface area contributed by atoms with Crippen LogP contribution in [0.2, 0.25) is 0 Å². The summed E-state index contributed by atoms with van der Waals surface area (Å²) in [7, 11) is 2.17. The molecule has 23 heavy (non-hydrogen) atoms. The van der Waals surface area contributed by atoms with Gasteiger partial charge >= 0.3 is 0 Å². The van der Waals surface area contributed by atoms with Crippen molar-refractivity contribution in [1.29, 1.82) is 0 Å². The molecule has 2 aromatic rings. The number of nitrogens with zero attached hydrogens (tertiary/aromatic N) is 4. The fourth-order valence-electron chi connectivity index (χ4n) is 3.02. The molecule has 1 atom stereocenters. The lowest BCUT2D eigenvalue weighted by Crippen LogP contribution is -2.34. The van der Waals surface area contributed by atoms with Crippen molar-refractivity contribution in [2.75, 3.05) is 20.1 Å². The Bertz CT molecular complexity index is 636. The minimum atomic E-state index is 0.395. The molecule has 126 valence electrons. The van der Waals surface area contributed by atoms with E-state index in [1.807, 2.05) is 12.4 Å². The minimum Gasteiger partial charge on any atom is -0.444 e. The predicted molar refractivity (Wildman–Crippen MR) is 92.6 cm³/mol. The Morgan fingerprint density at radius 2 is 2.22 bits per heavy atom. The maximum Gasteiger partial charge on any atom is 0.208 e. The fraction of sp³-hybridized carbons (Fsp3) is 0.647. The van der Waals surface area contributed by atoms with Gasteiger partial charge in [-0.15, -0.1) is 11.3 Å². The van der Waals surface area contributed by atoms with Gasteiger partial charge in [-0.1, -0.05) is 13.8 Å². The van der Waals surface area contributed by atoms with Crippen LogP contribution in [0.15, 0.2) is 16.8 Å². The Labute approximate surface area is 142 Å². The van der Waals surface area contributed by atoms with Gasteiger partial charge in [-0.3, -0.25) is 9.80 Å². The van der Waals surface area contributed by atoms with Gasteiger partial charge in [0.2, 0.25) is 5.89 Å². The molecule has 6 heteroatoms. The highest BCUT2D eigenvalue weighted by Crippen LogP contribution is 2.22. The first-order valence-corrected chi connectivity index (χ1v) is 9.11. The third-order valence-corrected chi connectivity index (χ3v) is 5.34. The molecule has 0 aliphatic carbocycles. The molecule has 3 rings (SSSR count). The minimum absolute atomic E-state index is 0.395. The number of likely N-dealkylation sites (N-methyl/N-ethyl adjacent to an activating group) is 1. The SMILES string of the molecule is Cc1ncc(CN2CCC(N(C)Cc3ncc(C(C)C)o3)C2)s1. The molecule has 1 aliphatic heterocycles. The lowest BCUT2D eigenvalue weighted by Gasteiger charge is -2.23. The standard InChI is InChI=1S/C17H26N4OS/c1-12(2)16-8-19-17(22-16)11-20(4)14-5-6-21(9-14)10-15-7-18-13(3)23-15/h7-8,12,14H,5-6,9-11H2,1-4H3. The molecule has 0 radical (unpaired) electrons. The third kappa shape index (κ3) is 4.19. The van der Waals surface area contributed by atoms with Crippen molar-refractivity contribution >= 4 is 11.3 Å². The topological polar surface area (TPSA) is 45.4 Å². The smallest absolute Gasteiger partial charge is 0.208 e. The maximum atomic E-state index is 5.83. The number of aromatic nitrogens is 2. The first-order valence-electron chi connectivity index (χ1n) is 8.29. The van der Waals surface area contributed by atoms with Crippen LogP contribution in [0, 0.1) is 6.92 Å². The van der Waals surface area contributed by atoms with Gasteiger partial charge in [0.25, 0.3) is 0 Å². The molecule has 1 saturated heterocycles. The maximum absolute atomic E-state index is 5.83. The summed E-state index contributed by atoms with van der Waals surface area (Å²) >= 11 is 1.80. The quantitative estimate of drug-likeness (QED) is 0.811. The van der Waals surface area contributed by atoms with Crippen LogP contribution in [0.3, 0.4) is 0 Å². The van der Waals surface area contributed by atoms with E-state index >= 15 is 0 Å². The summed E-state index contributed by atoms with van der Waals surface area (Å²) in [6, 6.07) is 0.568. The molecule has 1 fully saturated rings. The van der Waals surface area contributed by atoms with Crippen LogP contribution in [0.4, 0.5) is 0 Å². The van der Waals surface area contributed by atoms with Crippen molar-refractivity contribution < 1.29 is 4.42 Å². The largest absolute Gasteiger partial charge is 0.444 e. The van der Waals surface area contributed by atoms with E-state index in [-0.39, 0.29) is 0 Å². The zero-order valence-electron chi connectivity index (χ0n) is 14.5. The van der Waals surface area contributed by atoms with Gasteiger partial charge in [0, 0.05) is 42.7 Å². The average molecular weight is 334 g/mol. The van der Waals surface area contributed by atoms with E-state index in [4.69, 9.17) is 4.42 Å². The molecule has 5 nitrogen and oxygen atoms in total. The van der Waals surface area contributed by atoms with Crippen LogP contribution in [0.25, 0.3) is 0 Å². The van der Waals surface area contributed by atoms with Gasteiger partial charge in [0.05, 0.1) is 17.7 Å². The molecule has 0 spiro atoms. The van der Waals surface area contributed by atoms with Crippen molar-refractivity contribution in [3.63, 3.8) is 0 Å². The van der Waals surface area contributed by atoms with Gasteiger partial charge in [-0.25, -0.2) is 9.97 Å². The van der Waals surface area contributed by atoms with Crippen LogP contribution in [0.5, 0.6) is 0 Å². The van der Waals surface area contributed by atoms with E-state index in [1.165, 1.54) is 11.3 Å². The first kappa shape index (κ1) is 16.6. The Morgan fingerprint density at radius 3 is 2.87 bits per heavy atom. The normalized spacial score (nSPS) is 19.3. The monoisotopic (exact) mass is 334 g/mol. The van der Waals surface area contributed by atoms with E-state index in [9.17, 15) is 0 Å². The third-order valence-electron chi connectivity index (χ3n) is 4.44. The Hall–Kier alpha value is -1.24. The number of hydrogen-bond donors (Lipinski definition) is 0. The van der Waals surface area contributed by atoms with Crippen LogP contribution < -0.4 is 0 Å². The highest BCUT2D eigenvalue weighted by molar-refractivity contribution is 7.11. The number of likely N-dealkylation sites (tertiary alicyclic amines) is 1. The second-order valence-electron chi connectivity index (χ2n) is 6.75. The summed E-state index contributed by atoms with van der Waals surface area (Å²) in [5, 5.41) is 1.15. The van der Waals surface area contributed by atoms with Crippen molar-refractivity contribution in [2.45, 2.75) is 52.2 Å². The number of oxazole rings is 1. The second kappa shape index (κ2) is 7.11. The summed E-state index contributed by atoms with van der Waals surface area (Å²) in [5.74, 6) is 2.20. The number of rotatable bonds is 6. The molecule has 0 amide bonds. The molecule has 3 heterocycles. The zero-order chi connectivity index (χ0) is 16.4. The van der Waals surface area contributed by atoms with E-state index in [0.717, 1.165) is 42.8 Å². The van der Waals surface area contributed by atoms with Gasteiger partial charge in [-0.2, -0.15) is 0 Å². The van der Waals surface area contributed by atoms with E-state index in [2.05, 4.69) is 47.6 Å². The van der Waals surface area contributed by atoms with Crippen molar-refractivity contribution in [2.24, 2.45) is 0 Å². The van der Waals surface area contributed by atoms with Gasteiger partial charge < -0.3 is 4.42 Å². The van der Waals surface area contributed by atoms with Crippen LogP contribution >= 0.6 is 11.3 Å². The van der Waals surface area contributed by atoms with Crippen LogP contribution in [-0.2, 0) is 13.1 Å². The van der Waals surface area contributed by atoms with Crippen LogP contribution in [-0.4, -0.2) is 45.9 Å². The predicted octanol–water partition coefficient (Wildman–Crippen LogP) is 3.27. The zero-order valence-corrected chi connectivity index (χ0v) is 15.3. The van der Waals surface area contributed by atoms with Crippen molar-refractivity contribution in [3.8, 4) is 0 Å². The van der Waals surface area contributed by atoms with Crippen molar-refractivity contribution in [1.82, 2.24) is 19.8 Å². The molecule has 0 N–H and O–H groups in total. The van der Waals surface area contributed by atoms with Gasteiger partial charge in [-0.05, 0) is 20.4 Å². The molecular weight excluding hydrogens is 308 g/mol. The lowest BCUT2D eigenvalue weighted by molar-refractivity contribution is 0.204. The summed E-state index contributed by atoms with van der Waals surface area (Å²) < 4.78 is 5.83. The molecule has 0 saturated carbocycles. The Morgan fingerprint density at radius 1 is 1.39 bits per heavy atom. The molecular formula is C17H26N4OS. The Kier molecular flexibility index (Phi) is 5.14. The Balaban J connectivity index is 1.51. The average Bonchev–Trinajstić information content (AvgIpc) is 3.20. The van der Waals surface area contributed by atoms with E-state index < -0.39 is 0 Å². The van der Waals surface area contributed by atoms with Gasteiger partial charge in [0.15, 0.2) is 0 Å². The fourth-order valence-corrected chi connectivity index (χ4v) is 3.86. The number of hydrogen-bond acceptors (Lipinski definition) is 6. The summed E-state index contributed by atoms with van der Waals surface area (Å²) in [6.07, 6.45) is 5.07. The highest BCUT2D eigenvalue weighted by Gasteiger charge is 2.26. The summed E-state index contributed by atoms with van der Waals surface area (Å²) in [5.41, 5.74) is 0.